The molecule has 0 amide bonds. The molecule has 0 atom stereocenters. The molecule has 0 bridgehead atoms. The van der Waals surface area contributed by atoms with Crippen LogP contribution in [0.3, 0.4) is 0 Å². The van der Waals surface area contributed by atoms with E-state index >= 15 is 0 Å². The molecule has 0 N–H and O–H groups in total. The van der Waals surface area contributed by atoms with Gasteiger partial charge in [-0.25, -0.2) is 4.39 Å². The molecule has 0 unspecified atom stereocenters. The highest BCUT2D eigenvalue weighted by Crippen LogP contribution is 2.22. The van der Waals surface area contributed by atoms with Crippen molar-refractivity contribution >= 4 is 15.9 Å². The molecule has 4 heteroatoms. The van der Waals surface area contributed by atoms with Gasteiger partial charge in [0.15, 0.2) is 11.6 Å². The molecule has 0 fully saturated rings. The van der Waals surface area contributed by atoms with E-state index in [2.05, 4.69) is 20.9 Å². The van der Waals surface area contributed by atoms with E-state index in [1.54, 1.807) is 24.5 Å². The molecule has 2 rings (SSSR count). The Morgan fingerprint density at radius 2 is 2.19 bits per heavy atom. The van der Waals surface area contributed by atoms with Crippen LogP contribution >= 0.6 is 15.9 Å². The SMILES string of the molecule is Fc1cc(Br)ccc1OCc1cccnc1. The van der Waals surface area contributed by atoms with Crippen molar-refractivity contribution in [3.63, 3.8) is 0 Å². The van der Waals surface area contributed by atoms with Gasteiger partial charge in [-0.1, -0.05) is 22.0 Å². The van der Waals surface area contributed by atoms with Crippen LogP contribution in [0.15, 0.2) is 47.2 Å². The zero-order chi connectivity index (χ0) is 11.4. The number of nitrogens with zero attached hydrogens (tertiary/aromatic N) is 1. The summed E-state index contributed by atoms with van der Waals surface area (Å²) >= 11 is 3.19. The van der Waals surface area contributed by atoms with E-state index in [4.69, 9.17) is 4.74 Å². The predicted octanol–water partition coefficient (Wildman–Crippen LogP) is 3.56. The topological polar surface area (TPSA) is 22.1 Å². The molecule has 0 aliphatic carbocycles. The molecule has 1 aromatic carbocycles. The van der Waals surface area contributed by atoms with Crippen molar-refractivity contribution in [1.82, 2.24) is 4.98 Å². The average Bonchev–Trinajstić information content (AvgIpc) is 2.29. The van der Waals surface area contributed by atoms with Gasteiger partial charge in [0.1, 0.15) is 6.61 Å². The van der Waals surface area contributed by atoms with Crippen LogP contribution in [0.1, 0.15) is 5.56 Å². The third kappa shape index (κ3) is 2.79. The summed E-state index contributed by atoms with van der Waals surface area (Å²) < 4.78 is 19.4. The first-order chi connectivity index (χ1) is 7.75. The van der Waals surface area contributed by atoms with E-state index < -0.39 is 0 Å². The van der Waals surface area contributed by atoms with Gasteiger partial charge in [0.05, 0.1) is 0 Å². The maximum atomic E-state index is 13.4. The first kappa shape index (κ1) is 11.1. The first-order valence-corrected chi connectivity index (χ1v) is 5.52. The Labute approximate surface area is 101 Å². The Morgan fingerprint density at radius 3 is 2.88 bits per heavy atom. The van der Waals surface area contributed by atoms with Crippen LogP contribution in [-0.4, -0.2) is 4.98 Å². The quantitative estimate of drug-likeness (QED) is 0.858. The molecule has 0 saturated heterocycles. The second-order valence-corrected chi connectivity index (χ2v) is 4.14. The zero-order valence-corrected chi connectivity index (χ0v) is 9.95. The highest BCUT2D eigenvalue weighted by molar-refractivity contribution is 9.10. The van der Waals surface area contributed by atoms with Gasteiger partial charge in [0.25, 0.3) is 0 Å². The van der Waals surface area contributed by atoms with E-state index in [9.17, 15) is 4.39 Å². The lowest BCUT2D eigenvalue weighted by Gasteiger charge is -2.06. The van der Waals surface area contributed by atoms with Crippen LogP contribution in [0, 0.1) is 5.82 Å². The van der Waals surface area contributed by atoms with Crippen molar-refractivity contribution in [3.05, 3.63) is 58.6 Å². The smallest absolute Gasteiger partial charge is 0.166 e. The van der Waals surface area contributed by atoms with Crippen LogP contribution in [0.5, 0.6) is 5.75 Å². The van der Waals surface area contributed by atoms with E-state index in [0.29, 0.717) is 11.1 Å². The number of benzene rings is 1. The summed E-state index contributed by atoms with van der Waals surface area (Å²) in [6.07, 6.45) is 3.38. The first-order valence-electron chi connectivity index (χ1n) is 4.72. The Bertz CT molecular complexity index is 476. The van der Waals surface area contributed by atoms with Crippen LogP contribution in [0.25, 0.3) is 0 Å². The van der Waals surface area contributed by atoms with Crippen molar-refractivity contribution in [3.8, 4) is 5.75 Å². The van der Waals surface area contributed by atoms with E-state index in [1.807, 2.05) is 12.1 Å². The number of halogens is 2. The number of ether oxygens (including phenoxy) is 1. The van der Waals surface area contributed by atoms with E-state index in [-0.39, 0.29) is 11.6 Å². The monoisotopic (exact) mass is 281 g/mol. The summed E-state index contributed by atoms with van der Waals surface area (Å²) in [5.74, 6) is -0.134. The lowest BCUT2D eigenvalue weighted by Crippen LogP contribution is -1.97. The molecular formula is C12H9BrFNO. The third-order valence-electron chi connectivity index (χ3n) is 2.01. The second kappa shape index (κ2) is 5.07. The van der Waals surface area contributed by atoms with Crippen molar-refractivity contribution in [2.24, 2.45) is 0 Å². The molecule has 2 aromatic rings. The molecule has 0 aliphatic rings. The summed E-state index contributed by atoms with van der Waals surface area (Å²) in [6.45, 7) is 0.312. The van der Waals surface area contributed by atoms with Gasteiger partial charge in [0, 0.05) is 22.4 Å². The Morgan fingerprint density at radius 1 is 1.31 bits per heavy atom. The molecule has 0 radical (unpaired) electrons. The number of hydrogen-bond donors (Lipinski definition) is 0. The maximum absolute atomic E-state index is 13.4. The normalized spacial score (nSPS) is 10.1. The van der Waals surface area contributed by atoms with Crippen LogP contribution in [0.2, 0.25) is 0 Å². The molecule has 1 aromatic heterocycles. The lowest BCUT2D eigenvalue weighted by atomic mass is 10.3. The lowest BCUT2D eigenvalue weighted by molar-refractivity contribution is 0.290. The Kier molecular flexibility index (Phi) is 3.51. The number of pyridine rings is 1. The molecule has 16 heavy (non-hydrogen) atoms. The fourth-order valence-electron chi connectivity index (χ4n) is 1.24. The van der Waals surface area contributed by atoms with Gasteiger partial charge >= 0.3 is 0 Å². The molecule has 0 spiro atoms. The third-order valence-corrected chi connectivity index (χ3v) is 2.50. The van der Waals surface area contributed by atoms with Gasteiger partial charge in [-0.2, -0.15) is 0 Å². The Balaban J connectivity index is 2.05. The van der Waals surface area contributed by atoms with Gasteiger partial charge in [0.2, 0.25) is 0 Å². The highest BCUT2D eigenvalue weighted by Gasteiger charge is 2.03. The zero-order valence-electron chi connectivity index (χ0n) is 8.36. The van der Waals surface area contributed by atoms with Crippen LogP contribution < -0.4 is 4.74 Å². The van der Waals surface area contributed by atoms with Crippen molar-refractivity contribution < 1.29 is 9.13 Å². The van der Waals surface area contributed by atoms with Crippen molar-refractivity contribution in [1.29, 1.82) is 0 Å². The summed E-state index contributed by atoms with van der Waals surface area (Å²) in [5, 5.41) is 0. The fraction of sp³-hybridized carbons (Fsp3) is 0.0833. The molecule has 2 nitrogen and oxygen atoms in total. The fourth-order valence-corrected chi connectivity index (χ4v) is 1.57. The number of rotatable bonds is 3. The predicted molar refractivity (Wildman–Crippen MR) is 62.7 cm³/mol. The van der Waals surface area contributed by atoms with Crippen LogP contribution in [0.4, 0.5) is 4.39 Å². The van der Waals surface area contributed by atoms with Gasteiger partial charge < -0.3 is 4.74 Å². The van der Waals surface area contributed by atoms with Gasteiger partial charge in [-0.15, -0.1) is 0 Å². The van der Waals surface area contributed by atoms with Gasteiger partial charge in [-0.05, 0) is 24.3 Å². The summed E-state index contributed by atoms with van der Waals surface area (Å²) in [5.41, 5.74) is 0.907. The van der Waals surface area contributed by atoms with Gasteiger partial charge in [-0.3, -0.25) is 4.98 Å². The number of aromatic nitrogens is 1. The minimum atomic E-state index is -0.377. The second-order valence-electron chi connectivity index (χ2n) is 3.22. The van der Waals surface area contributed by atoms with Crippen molar-refractivity contribution in [2.45, 2.75) is 6.61 Å². The summed E-state index contributed by atoms with van der Waals surface area (Å²) in [4.78, 5) is 3.95. The molecular weight excluding hydrogens is 273 g/mol. The van der Waals surface area contributed by atoms with E-state index in [1.165, 1.54) is 6.07 Å². The minimum absolute atomic E-state index is 0.243. The van der Waals surface area contributed by atoms with E-state index in [0.717, 1.165) is 5.56 Å². The largest absolute Gasteiger partial charge is 0.486 e. The molecule has 0 saturated carbocycles. The Hall–Kier alpha value is -1.42. The average molecular weight is 282 g/mol. The molecule has 82 valence electrons. The molecule has 0 aliphatic heterocycles. The molecule has 1 heterocycles. The summed E-state index contributed by atoms with van der Waals surface area (Å²) in [6, 6.07) is 8.40. The van der Waals surface area contributed by atoms with Crippen LogP contribution in [-0.2, 0) is 6.61 Å². The minimum Gasteiger partial charge on any atom is -0.486 e. The number of hydrogen-bond acceptors (Lipinski definition) is 2. The summed E-state index contributed by atoms with van der Waals surface area (Å²) in [7, 11) is 0. The van der Waals surface area contributed by atoms with Crippen molar-refractivity contribution in [2.75, 3.05) is 0 Å². The highest BCUT2D eigenvalue weighted by atomic mass is 79.9. The standard InChI is InChI=1S/C12H9BrFNO/c13-10-3-4-12(11(14)6-10)16-8-9-2-1-5-15-7-9/h1-7H,8H2. The maximum Gasteiger partial charge on any atom is 0.166 e.